The summed E-state index contributed by atoms with van der Waals surface area (Å²) in [7, 11) is 0. The van der Waals surface area contributed by atoms with Crippen molar-refractivity contribution in [3.8, 4) is 5.75 Å². The molecule has 2 unspecified atom stereocenters. The summed E-state index contributed by atoms with van der Waals surface area (Å²) in [5, 5.41) is 0.592. The lowest BCUT2D eigenvalue weighted by molar-refractivity contribution is -0.144. The van der Waals surface area contributed by atoms with E-state index in [1.165, 1.54) is 25.7 Å². The maximum absolute atomic E-state index is 14.1. The molecule has 190 valence electrons. The third kappa shape index (κ3) is 5.22. The Morgan fingerprint density at radius 1 is 0.944 bits per heavy atom. The van der Waals surface area contributed by atoms with Gasteiger partial charge in [0, 0.05) is 28.6 Å². The summed E-state index contributed by atoms with van der Waals surface area (Å²) in [6.45, 7) is 8.03. The number of ether oxygens (including phenoxy) is 1. The molecule has 5 rings (SSSR count). The van der Waals surface area contributed by atoms with Gasteiger partial charge >= 0.3 is 0 Å². The van der Waals surface area contributed by atoms with Gasteiger partial charge in [0.25, 0.3) is 5.91 Å². The van der Waals surface area contributed by atoms with Crippen LogP contribution in [0.1, 0.15) is 75.7 Å². The molecule has 0 saturated heterocycles. The molecule has 0 radical (unpaired) electrons. The summed E-state index contributed by atoms with van der Waals surface area (Å²) in [5.41, 5.74) is 0.0638. The zero-order valence-electron chi connectivity index (χ0n) is 21.5. The molecule has 2 atom stereocenters. The van der Waals surface area contributed by atoms with Gasteiger partial charge < -0.3 is 4.74 Å². The van der Waals surface area contributed by atoms with Crippen LogP contribution in [0.3, 0.4) is 0 Å². The third-order valence-electron chi connectivity index (χ3n) is 7.80. The Morgan fingerprint density at radius 3 is 1.94 bits per heavy atom. The number of amides is 1. The molecule has 2 aromatic rings. The van der Waals surface area contributed by atoms with Gasteiger partial charge in [-0.2, -0.15) is 0 Å². The van der Waals surface area contributed by atoms with Gasteiger partial charge in [0.15, 0.2) is 11.4 Å². The summed E-state index contributed by atoms with van der Waals surface area (Å²) in [6.07, 6.45) is 5.59. The first kappa shape index (κ1) is 25.0. The first-order valence-corrected chi connectivity index (χ1v) is 13.5. The predicted molar refractivity (Wildman–Crippen MR) is 143 cm³/mol. The molecule has 1 amide bonds. The van der Waals surface area contributed by atoms with Crippen molar-refractivity contribution in [1.82, 2.24) is 4.90 Å². The molecule has 3 aliphatic rings. The van der Waals surface area contributed by atoms with E-state index in [2.05, 4.69) is 13.8 Å². The summed E-state index contributed by atoms with van der Waals surface area (Å²) in [4.78, 5) is 33.9. The summed E-state index contributed by atoms with van der Waals surface area (Å²) in [6, 6.07) is 14.3. The highest BCUT2D eigenvalue weighted by Gasteiger charge is 2.51. The van der Waals surface area contributed by atoms with Crippen molar-refractivity contribution in [2.45, 2.75) is 77.5 Å². The summed E-state index contributed by atoms with van der Waals surface area (Å²) >= 11 is 5.94. The minimum absolute atomic E-state index is 0.0207. The second-order valence-electron chi connectivity index (χ2n) is 11.3. The van der Waals surface area contributed by atoms with E-state index in [9.17, 15) is 9.59 Å². The van der Waals surface area contributed by atoms with Crippen LogP contribution in [0.15, 0.2) is 53.5 Å². The number of ketones is 1. The van der Waals surface area contributed by atoms with Crippen LogP contribution in [0.25, 0.3) is 0 Å². The molecular formula is C30H35ClN2O3. The van der Waals surface area contributed by atoms with Crippen molar-refractivity contribution in [3.63, 3.8) is 0 Å². The topological polar surface area (TPSA) is 59.0 Å². The lowest BCUT2D eigenvalue weighted by Crippen LogP contribution is -2.56. The lowest BCUT2D eigenvalue weighted by Gasteiger charge is -2.38. The van der Waals surface area contributed by atoms with Crippen LogP contribution in [0.4, 0.5) is 0 Å². The molecule has 2 saturated carbocycles. The quantitative estimate of drug-likeness (QED) is 0.380. The van der Waals surface area contributed by atoms with Gasteiger partial charge in [-0.15, -0.1) is 0 Å². The minimum atomic E-state index is -1.07. The largest absolute Gasteiger partial charge is 0.478 e. The Balaban J connectivity index is 1.35. The Bertz CT molecular complexity index is 1150. The van der Waals surface area contributed by atoms with Crippen LogP contribution >= 0.6 is 11.6 Å². The van der Waals surface area contributed by atoms with Crippen molar-refractivity contribution in [2.75, 3.05) is 0 Å². The molecule has 2 fully saturated rings. The van der Waals surface area contributed by atoms with E-state index in [0.717, 1.165) is 12.3 Å². The Labute approximate surface area is 218 Å². The molecule has 0 bridgehead atoms. The van der Waals surface area contributed by atoms with E-state index < -0.39 is 5.60 Å². The number of carbonyl (C=O) groups is 2. The maximum atomic E-state index is 14.1. The number of carbonyl (C=O) groups excluding carboxylic acids is 2. The zero-order valence-corrected chi connectivity index (χ0v) is 22.3. The molecule has 0 N–H and O–H groups in total. The van der Waals surface area contributed by atoms with E-state index in [4.69, 9.17) is 21.3 Å². The molecular weight excluding hydrogens is 472 g/mol. The number of nitrogens with zero attached hydrogens (tertiary/aromatic N) is 2. The van der Waals surface area contributed by atoms with Gasteiger partial charge in [-0.1, -0.05) is 18.5 Å². The predicted octanol–water partition coefficient (Wildman–Crippen LogP) is 6.57. The third-order valence-corrected chi connectivity index (χ3v) is 8.05. The Hall–Kier alpha value is -2.66. The number of aliphatic imine (C=N–C) groups is 1. The molecule has 36 heavy (non-hydrogen) atoms. The van der Waals surface area contributed by atoms with Crippen LogP contribution < -0.4 is 4.74 Å². The average molecular weight is 507 g/mol. The normalized spacial score (nSPS) is 21.9. The Morgan fingerprint density at radius 2 is 1.47 bits per heavy atom. The average Bonchev–Trinajstić information content (AvgIpc) is 3.78. The monoisotopic (exact) mass is 506 g/mol. The number of hydrogen-bond acceptors (Lipinski definition) is 4. The molecule has 0 aromatic heterocycles. The highest BCUT2D eigenvalue weighted by Crippen LogP contribution is 2.48. The van der Waals surface area contributed by atoms with Gasteiger partial charge in [-0.3, -0.25) is 19.5 Å². The van der Waals surface area contributed by atoms with Gasteiger partial charge in [0.05, 0.1) is 6.04 Å². The number of rotatable bonds is 8. The van der Waals surface area contributed by atoms with Crippen LogP contribution in [0.2, 0.25) is 5.02 Å². The molecule has 0 spiro atoms. The first-order chi connectivity index (χ1) is 17.1. The van der Waals surface area contributed by atoms with Crippen molar-refractivity contribution < 1.29 is 14.3 Å². The van der Waals surface area contributed by atoms with E-state index in [1.54, 1.807) is 48.5 Å². The fourth-order valence-electron chi connectivity index (χ4n) is 5.21. The van der Waals surface area contributed by atoms with Gasteiger partial charge in [0.2, 0.25) is 0 Å². The van der Waals surface area contributed by atoms with Gasteiger partial charge in [0.1, 0.15) is 11.6 Å². The van der Waals surface area contributed by atoms with Crippen molar-refractivity contribution >= 4 is 29.1 Å². The van der Waals surface area contributed by atoms with E-state index in [1.807, 2.05) is 18.7 Å². The van der Waals surface area contributed by atoms with Crippen LogP contribution in [0, 0.1) is 17.8 Å². The maximum Gasteiger partial charge on any atom is 0.271 e. The second kappa shape index (κ2) is 9.66. The molecule has 1 aliphatic heterocycles. The SMILES string of the molecule is CC1CC(N(C(=O)C(C)(C)Oc2ccc(C(=O)c3ccc(Cl)cc3)cc2)C(C2CC2)C2CC2)=NC1C. The molecule has 5 nitrogen and oxygen atoms in total. The molecule has 2 aliphatic carbocycles. The minimum Gasteiger partial charge on any atom is -0.478 e. The Kier molecular flexibility index (Phi) is 6.71. The number of benzene rings is 2. The molecule has 1 heterocycles. The van der Waals surface area contributed by atoms with Crippen LogP contribution in [-0.2, 0) is 4.79 Å². The van der Waals surface area contributed by atoms with E-state index in [0.29, 0.717) is 39.7 Å². The summed E-state index contributed by atoms with van der Waals surface area (Å²) < 4.78 is 6.29. The smallest absolute Gasteiger partial charge is 0.271 e. The summed E-state index contributed by atoms with van der Waals surface area (Å²) in [5.74, 6) is 2.97. The van der Waals surface area contributed by atoms with E-state index in [-0.39, 0.29) is 23.8 Å². The number of hydrogen-bond donors (Lipinski definition) is 0. The van der Waals surface area contributed by atoms with Crippen LogP contribution in [0.5, 0.6) is 5.75 Å². The highest BCUT2D eigenvalue weighted by atomic mass is 35.5. The van der Waals surface area contributed by atoms with Gasteiger partial charge in [-0.25, -0.2) is 0 Å². The highest BCUT2D eigenvalue weighted by molar-refractivity contribution is 6.30. The van der Waals surface area contributed by atoms with Crippen LogP contribution in [-0.4, -0.2) is 40.1 Å². The fraction of sp³-hybridized carbons (Fsp3) is 0.500. The molecule has 6 heteroatoms. The number of halogens is 1. The van der Waals surface area contributed by atoms with E-state index >= 15 is 0 Å². The lowest BCUT2D eigenvalue weighted by atomic mass is 9.98. The second-order valence-corrected chi connectivity index (χ2v) is 11.7. The fourth-order valence-corrected chi connectivity index (χ4v) is 5.34. The number of amidine groups is 1. The molecule has 2 aromatic carbocycles. The van der Waals surface area contributed by atoms with Crippen molar-refractivity contribution in [3.05, 3.63) is 64.7 Å². The van der Waals surface area contributed by atoms with Crippen molar-refractivity contribution in [2.24, 2.45) is 22.7 Å². The first-order valence-electron chi connectivity index (χ1n) is 13.1. The van der Waals surface area contributed by atoms with Gasteiger partial charge in [-0.05, 0) is 113 Å². The zero-order chi connectivity index (χ0) is 25.6. The standard InChI is InChI=1S/C30H35ClN2O3/c1-18-17-26(32-19(18)2)33(27(20-5-6-20)21-7-8-21)29(35)30(3,4)36-25-15-11-23(12-16-25)28(34)22-9-13-24(31)14-10-22/h9-16,18-21,27H,5-8,17H2,1-4H3. The van der Waals surface area contributed by atoms with Crippen molar-refractivity contribution in [1.29, 1.82) is 0 Å².